The summed E-state index contributed by atoms with van der Waals surface area (Å²) in [5.74, 6) is 1.30. The highest BCUT2D eigenvalue weighted by atomic mass is 32.2. The molecule has 0 spiro atoms. The molecule has 2 heterocycles. The van der Waals surface area contributed by atoms with Crippen molar-refractivity contribution in [2.75, 3.05) is 44.4 Å². The first-order valence-corrected chi connectivity index (χ1v) is 10.9. The Balaban J connectivity index is 1.72. The minimum atomic E-state index is -3.51. The number of aryl methyl sites for hydroxylation is 1. The third kappa shape index (κ3) is 3.94. The number of aromatic nitrogens is 2. The Hall–Kier alpha value is -1.84. The summed E-state index contributed by atoms with van der Waals surface area (Å²) in [4.78, 5) is 11.3. The molecular formula is C17H22N4O3S2. The van der Waals surface area contributed by atoms with E-state index in [0.29, 0.717) is 37.9 Å². The lowest BCUT2D eigenvalue weighted by molar-refractivity contribution is 0.382. The second-order valence-corrected chi connectivity index (χ2v) is 8.68. The van der Waals surface area contributed by atoms with Crippen LogP contribution < -0.4 is 9.64 Å². The summed E-state index contributed by atoms with van der Waals surface area (Å²) in [5, 5.41) is 0.917. The van der Waals surface area contributed by atoms with E-state index in [4.69, 9.17) is 4.74 Å². The largest absolute Gasteiger partial charge is 0.497 e. The van der Waals surface area contributed by atoms with E-state index in [0.717, 1.165) is 10.7 Å². The highest BCUT2D eigenvalue weighted by molar-refractivity contribution is 7.98. The van der Waals surface area contributed by atoms with Gasteiger partial charge in [-0.1, -0.05) is 0 Å². The number of anilines is 1. The van der Waals surface area contributed by atoms with Gasteiger partial charge in [-0.2, -0.15) is 4.31 Å². The van der Waals surface area contributed by atoms with Crippen LogP contribution in [0.5, 0.6) is 5.75 Å². The number of rotatable bonds is 5. The van der Waals surface area contributed by atoms with Crippen LogP contribution in [-0.4, -0.2) is 62.2 Å². The van der Waals surface area contributed by atoms with Gasteiger partial charge in [0.2, 0.25) is 16.0 Å². The van der Waals surface area contributed by atoms with Crippen LogP contribution in [-0.2, 0) is 10.0 Å². The van der Waals surface area contributed by atoms with E-state index in [1.165, 1.54) is 4.31 Å². The Morgan fingerprint density at radius 1 is 1.08 bits per heavy atom. The molecule has 2 aromatic rings. The summed E-state index contributed by atoms with van der Waals surface area (Å²) in [7, 11) is -1.95. The predicted octanol–water partition coefficient (Wildman–Crippen LogP) is 2.03. The van der Waals surface area contributed by atoms with Crippen molar-refractivity contribution in [3.05, 3.63) is 36.0 Å². The number of thioether (sulfide) groups is 1. The van der Waals surface area contributed by atoms with Gasteiger partial charge in [0.05, 0.1) is 12.0 Å². The number of piperazine rings is 1. The van der Waals surface area contributed by atoms with E-state index in [-0.39, 0.29) is 4.90 Å². The van der Waals surface area contributed by atoms with Gasteiger partial charge >= 0.3 is 0 Å². The van der Waals surface area contributed by atoms with Crippen molar-refractivity contribution in [3.8, 4) is 5.75 Å². The zero-order valence-electron chi connectivity index (χ0n) is 15.0. The maximum Gasteiger partial charge on any atom is 0.243 e. The van der Waals surface area contributed by atoms with Crippen LogP contribution >= 0.6 is 11.8 Å². The molecule has 0 bridgehead atoms. The topological polar surface area (TPSA) is 75.6 Å². The first kappa shape index (κ1) is 18.9. The first-order valence-electron chi connectivity index (χ1n) is 8.23. The highest BCUT2D eigenvalue weighted by Crippen LogP contribution is 2.23. The van der Waals surface area contributed by atoms with Gasteiger partial charge in [-0.15, -0.1) is 11.8 Å². The van der Waals surface area contributed by atoms with Crippen LogP contribution in [0.3, 0.4) is 0 Å². The van der Waals surface area contributed by atoms with Gasteiger partial charge in [-0.25, -0.2) is 18.4 Å². The number of ether oxygens (including phenoxy) is 1. The van der Waals surface area contributed by atoms with Gasteiger partial charge in [0.25, 0.3) is 0 Å². The molecule has 1 aromatic heterocycles. The van der Waals surface area contributed by atoms with Crippen LogP contribution in [0.15, 0.2) is 40.3 Å². The van der Waals surface area contributed by atoms with Crippen molar-refractivity contribution < 1.29 is 13.2 Å². The second-order valence-electron chi connectivity index (χ2n) is 5.92. The number of methoxy groups -OCH3 is 1. The van der Waals surface area contributed by atoms with E-state index in [1.54, 1.807) is 43.1 Å². The van der Waals surface area contributed by atoms with Gasteiger partial charge in [-0.3, -0.25) is 0 Å². The molecule has 0 amide bonds. The molecule has 3 rings (SSSR count). The number of hydrogen-bond acceptors (Lipinski definition) is 7. The van der Waals surface area contributed by atoms with E-state index < -0.39 is 10.0 Å². The summed E-state index contributed by atoms with van der Waals surface area (Å²) in [6.07, 6.45) is 1.98. The Labute approximate surface area is 158 Å². The van der Waals surface area contributed by atoms with E-state index in [2.05, 4.69) is 9.97 Å². The van der Waals surface area contributed by atoms with Gasteiger partial charge < -0.3 is 9.64 Å². The summed E-state index contributed by atoms with van der Waals surface area (Å²) in [5.41, 5.74) is 0.910. The van der Waals surface area contributed by atoms with E-state index >= 15 is 0 Å². The van der Waals surface area contributed by atoms with Gasteiger partial charge in [-0.05, 0) is 43.5 Å². The molecule has 0 saturated carbocycles. The fraction of sp³-hybridized carbons (Fsp3) is 0.412. The monoisotopic (exact) mass is 394 g/mol. The van der Waals surface area contributed by atoms with Crippen molar-refractivity contribution in [1.29, 1.82) is 0 Å². The molecule has 0 N–H and O–H groups in total. The summed E-state index contributed by atoms with van der Waals surface area (Å²) < 4.78 is 32.2. The average molecular weight is 395 g/mol. The molecule has 0 radical (unpaired) electrons. The second kappa shape index (κ2) is 7.81. The van der Waals surface area contributed by atoms with Crippen LogP contribution in [0.1, 0.15) is 5.69 Å². The Morgan fingerprint density at radius 3 is 2.31 bits per heavy atom. The molecule has 1 aliphatic heterocycles. The molecular weight excluding hydrogens is 372 g/mol. The summed E-state index contributed by atoms with van der Waals surface area (Å²) in [6, 6.07) is 8.42. The van der Waals surface area contributed by atoms with E-state index in [1.807, 2.05) is 24.1 Å². The SMILES string of the molecule is COc1ccc(S(=O)(=O)N2CCN(c3nc(C)cc(SC)n3)CC2)cc1. The minimum absolute atomic E-state index is 0.281. The molecule has 1 aliphatic rings. The van der Waals surface area contributed by atoms with Crippen LogP contribution in [0.4, 0.5) is 5.95 Å². The first-order chi connectivity index (χ1) is 12.4. The number of sulfonamides is 1. The van der Waals surface area contributed by atoms with Crippen LogP contribution in [0, 0.1) is 6.92 Å². The fourth-order valence-corrected chi connectivity index (χ4v) is 4.68. The van der Waals surface area contributed by atoms with Crippen molar-refractivity contribution >= 4 is 27.7 Å². The summed E-state index contributed by atoms with van der Waals surface area (Å²) in [6.45, 7) is 3.87. The lowest BCUT2D eigenvalue weighted by Gasteiger charge is -2.34. The van der Waals surface area contributed by atoms with Crippen molar-refractivity contribution in [3.63, 3.8) is 0 Å². The van der Waals surface area contributed by atoms with Crippen molar-refractivity contribution in [1.82, 2.24) is 14.3 Å². The minimum Gasteiger partial charge on any atom is -0.497 e. The Bertz CT molecular complexity index is 864. The van der Waals surface area contributed by atoms with Gasteiger partial charge in [0.1, 0.15) is 10.8 Å². The Morgan fingerprint density at radius 2 is 1.73 bits per heavy atom. The fourth-order valence-electron chi connectivity index (χ4n) is 2.80. The van der Waals surface area contributed by atoms with Crippen molar-refractivity contribution in [2.45, 2.75) is 16.8 Å². The lowest BCUT2D eigenvalue weighted by atomic mass is 10.3. The predicted molar refractivity (Wildman–Crippen MR) is 103 cm³/mol. The maximum atomic E-state index is 12.8. The molecule has 26 heavy (non-hydrogen) atoms. The number of hydrogen-bond donors (Lipinski definition) is 0. The molecule has 7 nitrogen and oxygen atoms in total. The quantitative estimate of drug-likeness (QED) is 0.567. The normalized spacial score (nSPS) is 15.9. The zero-order chi connectivity index (χ0) is 18.7. The third-order valence-corrected chi connectivity index (χ3v) is 6.79. The third-order valence-electron chi connectivity index (χ3n) is 4.25. The van der Waals surface area contributed by atoms with Crippen LogP contribution in [0.25, 0.3) is 0 Å². The maximum absolute atomic E-state index is 12.8. The molecule has 140 valence electrons. The molecule has 1 aromatic carbocycles. The smallest absolute Gasteiger partial charge is 0.243 e. The molecule has 0 unspecified atom stereocenters. The van der Waals surface area contributed by atoms with Gasteiger partial charge in [0, 0.05) is 31.9 Å². The Kier molecular flexibility index (Phi) is 5.69. The zero-order valence-corrected chi connectivity index (χ0v) is 16.7. The van der Waals surface area contributed by atoms with Gasteiger partial charge in [0.15, 0.2) is 0 Å². The lowest BCUT2D eigenvalue weighted by Crippen LogP contribution is -2.49. The van der Waals surface area contributed by atoms with E-state index in [9.17, 15) is 8.42 Å². The molecule has 1 saturated heterocycles. The molecule has 9 heteroatoms. The summed E-state index contributed by atoms with van der Waals surface area (Å²) >= 11 is 1.57. The average Bonchev–Trinajstić information content (AvgIpc) is 2.67. The number of benzene rings is 1. The number of nitrogens with zero attached hydrogens (tertiary/aromatic N) is 4. The molecule has 0 aliphatic carbocycles. The standard InChI is InChI=1S/C17H22N4O3S2/c1-13-12-16(25-3)19-17(18-13)20-8-10-21(11-9-20)26(22,23)15-6-4-14(24-2)5-7-15/h4-7,12H,8-11H2,1-3H3. The highest BCUT2D eigenvalue weighted by Gasteiger charge is 2.29. The molecule has 1 fully saturated rings. The van der Waals surface area contributed by atoms with Crippen molar-refractivity contribution in [2.24, 2.45) is 0 Å². The van der Waals surface area contributed by atoms with Crippen LogP contribution in [0.2, 0.25) is 0 Å². The molecule has 0 atom stereocenters.